The Labute approximate surface area is 357 Å². The first-order valence-electron chi connectivity index (χ1n) is 20.7. The van der Waals surface area contributed by atoms with Crippen molar-refractivity contribution in [3.8, 4) is 44.5 Å². The molecule has 0 unspecified atom stereocenters. The molecular formula is C58H37NOS. The van der Waals surface area contributed by atoms with Crippen molar-refractivity contribution in [3.05, 3.63) is 224 Å². The average molecular weight is 796 g/mol. The number of para-hydroxylation sites is 2. The summed E-state index contributed by atoms with van der Waals surface area (Å²) in [6.45, 7) is 0. The summed E-state index contributed by atoms with van der Waals surface area (Å²) in [6.07, 6.45) is 0. The zero-order valence-corrected chi connectivity index (χ0v) is 33.9. The average Bonchev–Trinajstić information content (AvgIpc) is 3.91. The molecule has 286 valence electrons. The lowest BCUT2D eigenvalue weighted by Gasteiger charge is -2.28. The van der Waals surface area contributed by atoms with Crippen LogP contribution in [-0.2, 0) is 0 Å². The summed E-state index contributed by atoms with van der Waals surface area (Å²) in [5.74, 6) is 0. The van der Waals surface area contributed by atoms with Crippen LogP contribution in [0.5, 0.6) is 0 Å². The molecule has 2 nitrogen and oxygen atoms in total. The molecule has 61 heavy (non-hydrogen) atoms. The molecular weight excluding hydrogens is 759 g/mol. The second-order valence-corrected chi connectivity index (χ2v) is 16.7. The molecule has 12 aromatic rings. The predicted molar refractivity (Wildman–Crippen MR) is 261 cm³/mol. The smallest absolute Gasteiger partial charge is 0.136 e. The minimum Gasteiger partial charge on any atom is -0.456 e. The highest BCUT2D eigenvalue weighted by Gasteiger charge is 2.20. The van der Waals surface area contributed by atoms with Gasteiger partial charge in [-0.25, -0.2) is 0 Å². The van der Waals surface area contributed by atoms with E-state index in [0.29, 0.717) is 0 Å². The lowest BCUT2D eigenvalue weighted by atomic mass is 9.96. The molecule has 0 fully saturated rings. The van der Waals surface area contributed by atoms with Crippen molar-refractivity contribution in [3.63, 3.8) is 0 Å². The van der Waals surface area contributed by atoms with E-state index in [9.17, 15) is 0 Å². The third-order valence-electron chi connectivity index (χ3n) is 12.1. The van der Waals surface area contributed by atoms with Gasteiger partial charge in [-0.2, -0.15) is 0 Å². The molecule has 0 atom stereocenters. The fourth-order valence-corrected chi connectivity index (χ4v) is 10.4. The summed E-state index contributed by atoms with van der Waals surface area (Å²) >= 11 is 1.88. The van der Waals surface area contributed by atoms with Crippen LogP contribution < -0.4 is 4.90 Å². The lowest BCUT2D eigenvalue weighted by Crippen LogP contribution is -2.11. The maximum atomic E-state index is 6.28. The van der Waals surface area contributed by atoms with Gasteiger partial charge in [0.1, 0.15) is 11.2 Å². The first-order chi connectivity index (χ1) is 30.2. The van der Waals surface area contributed by atoms with Crippen molar-refractivity contribution in [2.24, 2.45) is 0 Å². The third kappa shape index (κ3) is 6.09. The summed E-state index contributed by atoms with van der Waals surface area (Å²) in [4.78, 5) is 2.41. The Bertz CT molecular complexity index is 3610. The van der Waals surface area contributed by atoms with Gasteiger partial charge in [-0.05, 0) is 110 Å². The second-order valence-electron chi connectivity index (χ2n) is 15.6. The topological polar surface area (TPSA) is 16.4 Å². The van der Waals surface area contributed by atoms with Crippen molar-refractivity contribution < 1.29 is 4.42 Å². The Hall–Kier alpha value is -7.72. The molecule has 0 bridgehead atoms. The Balaban J connectivity index is 0.997. The van der Waals surface area contributed by atoms with Gasteiger partial charge in [-0.1, -0.05) is 164 Å². The van der Waals surface area contributed by atoms with E-state index in [4.69, 9.17) is 4.42 Å². The Morgan fingerprint density at radius 1 is 0.344 bits per heavy atom. The highest BCUT2D eigenvalue weighted by Crippen LogP contribution is 2.45. The van der Waals surface area contributed by atoms with E-state index in [2.05, 4.69) is 217 Å². The van der Waals surface area contributed by atoms with Crippen LogP contribution in [0.3, 0.4) is 0 Å². The Morgan fingerprint density at radius 2 is 0.967 bits per heavy atom. The van der Waals surface area contributed by atoms with Crippen LogP contribution in [-0.4, -0.2) is 0 Å². The zero-order chi connectivity index (χ0) is 40.3. The van der Waals surface area contributed by atoms with E-state index >= 15 is 0 Å². The molecule has 2 heterocycles. The Kier molecular flexibility index (Phi) is 8.39. The lowest BCUT2D eigenvalue weighted by molar-refractivity contribution is 0.669. The highest BCUT2D eigenvalue weighted by molar-refractivity contribution is 7.26. The fourth-order valence-electron chi connectivity index (χ4n) is 9.17. The van der Waals surface area contributed by atoms with E-state index in [1.807, 2.05) is 23.5 Å². The van der Waals surface area contributed by atoms with Crippen molar-refractivity contribution in [2.75, 3.05) is 4.90 Å². The van der Waals surface area contributed by atoms with Crippen LogP contribution >= 0.6 is 11.3 Å². The van der Waals surface area contributed by atoms with Crippen LogP contribution in [0.1, 0.15) is 0 Å². The number of furan rings is 1. The van der Waals surface area contributed by atoms with Gasteiger partial charge in [0, 0.05) is 47.9 Å². The van der Waals surface area contributed by atoms with Gasteiger partial charge in [0.2, 0.25) is 0 Å². The van der Waals surface area contributed by atoms with E-state index in [0.717, 1.165) is 61.3 Å². The van der Waals surface area contributed by atoms with Crippen LogP contribution in [0.15, 0.2) is 229 Å². The van der Waals surface area contributed by atoms with Gasteiger partial charge < -0.3 is 9.32 Å². The van der Waals surface area contributed by atoms with Gasteiger partial charge >= 0.3 is 0 Å². The molecule has 0 aliphatic carbocycles. The summed E-state index contributed by atoms with van der Waals surface area (Å²) < 4.78 is 8.92. The SMILES string of the molecule is c1cc(-c2cccc(N(c3ccc(-c4cccc5oc6ccccc6c45)cc3)c3ccccc3-c3ccc4ccccc4c3)c2)cc(-c2cccc3c2sc2ccccc23)c1. The molecule has 0 spiro atoms. The quantitative estimate of drug-likeness (QED) is 0.160. The minimum atomic E-state index is 0.898. The van der Waals surface area contributed by atoms with E-state index in [-0.39, 0.29) is 0 Å². The number of thiophene rings is 1. The number of nitrogens with zero attached hydrogens (tertiary/aromatic N) is 1. The fraction of sp³-hybridized carbons (Fsp3) is 0. The number of anilines is 3. The monoisotopic (exact) mass is 795 g/mol. The molecule has 0 amide bonds. The highest BCUT2D eigenvalue weighted by atomic mass is 32.1. The van der Waals surface area contributed by atoms with Gasteiger partial charge in [0.25, 0.3) is 0 Å². The number of benzene rings is 10. The summed E-state index contributed by atoms with van der Waals surface area (Å²) in [7, 11) is 0. The van der Waals surface area contributed by atoms with Crippen molar-refractivity contribution in [1.82, 2.24) is 0 Å². The molecule has 0 saturated heterocycles. The summed E-state index contributed by atoms with van der Waals surface area (Å²) in [6, 6.07) is 81.3. The number of hydrogen-bond donors (Lipinski definition) is 0. The van der Waals surface area contributed by atoms with Crippen LogP contribution in [0.4, 0.5) is 17.1 Å². The number of fused-ring (bicyclic) bond motifs is 7. The largest absolute Gasteiger partial charge is 0.456 e. The molecule has 2 aromatic heterocycles. The normalized spacial score (nSPS) is 11.6. The molecule has 12 rings (SSSR count). The predicted octanol–water partition coefficient (Wildman–Crippen LogP) is 17.2. The van der Waals surface area contributed by atoms with E-state index in [1.165, 1.54) is 53.2 Å². The van der Waals surface area contributed by atoms with Crippen molar-refractivity contribution >= 4 is 81.3 Å². The molecule has 0 N–H and O–H groups in total. The van der Waals surface area contributed by atoms with E-state index in [1.54, 1.807) is 0 Å². The summed E-state index contributed by atoms with van der Waals surface area (Å²) in [5.41, 5.74) is 14.5. The molecule has 0 radical (unpaired) electrons. The van der Waals surface area contributed by atoms with Crippen molar-refractivity contribution in [2.45, 2.75) is 0 Å². The first-order valence-corrected chi connectivity index (χ1v) is 21.6. The molecule has 0 aliphatic heterocycles. The molecule has 10 aromatic carbocycles. The van der Waals surface area contributed by atoms with Gasteiger partial charge in [-0.3, -0.25) is 0 Å². The van der Waals surface area contributed by atoms with Crippen LogP contribution in [0.25, 0.3) is 97.4 Å². The maximum Gasteiger partial charge on any atom is 0.136 e. The second kappa shape index (κ2) is 14.5. The molecule has 0 saturated carbocycles. The summed E-state index contributed by atoms with van der Waals surface area (Å²) in [5, 5.41) is 7.35. The zero-order valence-electron chi connectivity index (χ0n) is 33.1. The van der Waals surface area contributed by atoms with Gasteiger partial charge in [-0.15, -0.1) is 11.3 Å². The molecule has 0 aliphatic rings. The number of rotatable bonds is 7. The van der Waals surface area contributed by atoms with Crippen LogP contribution in [0.2, 0.25) is 0 Å². The maximum absolute atomic E-state index is 6.28. The Morgan fingerprint density at radius 3 is 1.89 bits per heavy atom. The standard InChI is InChI=1S/C58H37NOS/c1-2-14-40-35-44(30-29-38(40)13-1)47-19-3-6-25-53(47)59(45-33-31-39(32-34-45)48-22-12-27-55-57(48)52-21-4-7-26-54(52)60-55)46-18-10-16-42(37-46)41-15-9-17-43(36-41)49-23-11-24-51-50-20-5-8-28-56(50)61-58(49)51/h1-37H. The third-order valence-corrected chi connectivity index (χ3v) is 13.3. The van der Waals surface area contributed by atoms with Crippen molar-refractivity contribution in [1.29, 1.82) is 0 Å². The van der Waals surface area contributed by atoms with Gasteiger partial charge in [0.15, 0.2) is 0 Å². The molecule has 3 heteroatoms. The minimum absolute atomic E-state index is 0.898. The van der Waals surface area contributed by atoms with E-state index < -0.39 is 0 Å². The first kappa shape index (κ1) is 35.2. The van der Waals surface area contributed by atoms with Crippen LogP contribution in [0, 0.1) is 0 Å². The van der Waals surface area contributed by atoms with Gasteiger partial charge in [0.05, 0.1) is 5.69 Å². The number of hydrogen-bond acceptors (Lipinski definition) is 3.